The minimum absolute atomic E-state index is 0.0899. The number of ether oxygens (including phenoxy) is 3. The van der Waals surface area contributed by atoms with Crippen LogP contribution in [0.3, 0.4) is 0 Å². The topological polar surface area (TPSA) is 44.8 Å². The molecule has 0 aliphatic heterocycles. The van der Waals surface area contributed by atoms with Gasteiger partial charge >= 0.3 is 0 Å². The number of hydrogen-bond acceptors (Lipinski definition) is 5. The molecule has 0 fully saturated rings. The Morgan fingerprint density at radius 3 is 1.92 bits per heavy atom. The van der Waals surface area contributed by atoms with Crippen LogP contribution < -0.4 is 14.2 Å². The van der Waals surface area contributed by atoms with Gasteiger partial charge in [-0.1, -0.05) is 90.6 Å². The van der Waals surface area contributed by atoms with Crippen LogP contribution in [0.25, 0.3) is 11.1 Å². The smallest absolute Gasteiger partial charge is 0.219 e. The molecule has 0 radical (unpaired) electrons. The first-order valence-corrected chi connectivity index (χ1v) is 12.8. The van der Waals surface area contributed by atoms with E-state index in [0.29, 0.717) is 29.2 Å². The fourth-order valence-corrected chi connectivity index (χ4v) is 5.94. The highest BCUT2D eigenvalue weighted by molar-refractivity contribution is 8.14. The molecule has 1 aliphatic carbocycles. The summed E-state index contributed by atoms with van der Waals surface area (Å²) in [4.78, 5) is 13.1. The maximum absolute atomic E-state index is 13.1. The maximum atomic E-state index is 13.1. The fraction of sp³-hybridized carbons (Fsp3) is 0.194. The zero-order chi connectivity index (χ0) is 25.1. The van der Waals surface area contributed by atoms with Crippen LogP contribution in [0.5, 0.6) is 17.2 Å². The van der Waals surface area contributed by atoms with Gasteiger partial charge in [0.15, 0.2) is 11.5 Å². The minimum atomic E-state index is 0.0899. The Hall–Kier alpha value is -3.70. The first kappa shape index (κ1) is 24.0. The van der Waals surface area contributed by atoms with Crippen molar-refractivity contribution >= 4 is 16.9 Å². The van der Waals surface area contributed by atoms with Gasteiger partial charge in [-0.3, -0.25) is 4.79 Å². The van der Waals surface area contributed by atoms with Gasteiger partial charge in [-0.2, -0.15) is 0 Å². The second-order valence-electron chi connectivity index (χ2n) is 8.69. The van der Waals surface area contributed by atoms with Crippen molar-refractivity contribution in [1.82, 2.24) is 0 Å². The molecule has 0 saturated carbocycles. The lowest BCUT2D eigenvalue weighted by atomic mass is 9.99. The van der Waals surface area contributed by atoms with Crippen molar-refractivity contribution in [3.05, 3.63) is 113 Å². The third-order valence-electron chi connectivity index (χ3n) is 6.71. The predicted octanol–water partition coefficient (Wildman–Crippen LogP) is 6.99. The summed E-state index contributed by atoms with van der Waals surface area (Å²) in [6.45, 7) is 0. The predicted molar refractivity (Wildman–Crippen MR) is 146 cm³/mol. The monoisotopic (exact) mass is 496 g/mol. The molecule has 0 saturated heterocycles. The molecule has 0 atom stereocenters. The summed E-state index contributed by atoms with van der Waals surface area (Å²) < 4.78 is 16.5. The fourth-order valence-electron chi connectivity index (χ4n) is 4.96. The highest BCUT2D eigenvalue weighted by Crippen LogP contribution is 2.46. The summed E-state index contributed by atoms with van der Waals surface area (Å²) in [5.41, 5.74) is 7.95. The molecule has 5 rings (SSSR count). The average molecular weight is 497 g/mol. The van der Waals surface area contributed by atoms with Crippen molar-refractivity contribution in [3.8, 4) is 28.4 Å². The largest absolute Gasteiger partial charge is 0.493 e. The Morgan fingerprint density at radius 2 is 1.33 bits per heavy atom. The molecule has 0 bridgehead atoms. The average Bonchev–Trinajstić information content (AvgIpc) is 3.25. The molecule has 4 aromatic rings. The number of thioether (sulfide) groups is 1. The SMILES string of the molecule is COc1ccc(Cc2ccc(C(=O)SCC3c4ccccc4-c4ccccc43)cc2)c(OC)c1OC. The van der Waals surface area contributed by atoms with Gasteiger partial charge in [0.1, 0.15) is 0 Å². The van der Waals surface area contributed by atoms with E-state index in [4.69, 9.17) is 14.2 Å². The molecule has 0 spiro atoms. The van der Waals surface area contributed by atoms with E-state index in [1.165, 1.54) is 34.0 Å². The Morgan fingerprint density at radius 1 is 0.722 bits per heavy atom. The molecule has 0 N–H and O–H groups in total. The third kappa shape index (κ3) is 4.47. The first-order valence-electron chi connectivity index (χ1n) is 11.9. The van der Waals surface area contributed by atoms with Crippen LogP contribution in [0.1, 0.15) is 38.5 Å². The molecule has 4 nitrogen and oxygen atoms in total. The van der Waals surface area contributed by atoms with Gasteiger partial charge in [0, 0.05) is 29.2 Å². The van der Waals surface area contributed by atoms with Gasteiger partial charge in [-0.15, -0.1) is 0 Å². The molecule has 1 aliphatic rings. The van der Waals surface area contributed by atoms with E-state index >= 15 is 0 Å². The van der Waals surface area contributed by atoms with Crippen LogP contribution in [-0.4, -0.2) is 32.2 Å². The standard InChI is InChI=1S/C31H28O4S/c1-33-28-17-16-22(29(34-2)30(28)35-3)18-20-12-14-21(15-13-20)31(32)36-19-27-25-10-6-4-8-23(25)24-9-5-7-11-26(24)27/h4-17,27H,18-19H2,1-3H3. The van der Waals surface area contributed by atoms with Gasteiger partial charge in [0.25, 0.3) is 0 Å². The van der Waals surface area contributed by atoms with E-state index in [2.05, 4.69) is 48.5 Å². The summed E-state index contributed by atoms with van der Waals surface area (Å²) in [6, 6.07) is 28.7. The second-order valence-corrected chi connectivity index (χ2v) is 9.69. The van der Waals surface area contributed by atoms with Crippen LogP contribution in [0.4, 0.5) is 0 Å². The number of carbonyl (C=O) groups excluding carboxylic acids is 1. The number of rotatable bonds is 8. The van der Waals surface area contributed by atoms with Gasteiger partial charge in [0.2, 0.25) is 10.9 Å². The zero-order valence-corrected chi connectivity index (χ0v) is 21.4. The van der Waals surface area contributed by atoms with E-state index in [9.17, 15) is 4.79 Å². The molecule has 36 heavy (non-hydrogen) atoms. The minimum Gasteiger partial charge on any atom is -0.493 e. The lowest BCUT2D eigenvalue weighted by Gasteiger charge is -2.16. The van der Waals surface area contributed by atoms with Crippen molar-refractivity contribution in [2.45, 2.75) is 12.3 Å². The molecule has 0 aromatic heterocycles. The number of fused-ring (bicyclic) bond motifs is 3. The highest BCUT2D eigenvalue weighted by atomic mass is 32.2. The lowest BCUT2D eigenvalue weighted by molar-refractivity contribution is 0.108. The van der Waals surface area contributed by atoms with Gasteiger partial charge < -0.3 is 14.2 Å². The summed E-state index contributed by atoms with van der Waals surface area (Å²) in [5, 5.41) is 0.0899. The lowest BCUT2D eigenvalue weighted by Crippen LogP contribution is -2.04. The normalized spacial score (nSPS) is 12.1. The molecule has 4 aromatic carbocycles. The van der Waals surface area contributed by atoms with Crippen molar-refractivity contribution in [2.75, 3.05) is 27.1 Å². The summed E-state index contributed by atoms with van der Waals surface area (Å²) in [5.74, 6) is 2.81. The van der Waals surface area contributed by atoms with Crippen molar-refractivity contribution in [1.29, 1.82) is 0 Å². The number of benzene rings is 4. The van der Waals surface area contributed by atoms with E-state index in [0.717, 1.165) is 16.9 Å². The highest BCUT2D eigenvalue weighted by Gasteiger charge is 2.28. The quantitative estimate of drug-likeness (QED) is 0.263. The van der Waals surface area contributed by atoms with Crippen LogP contribution in [0.15, 0.2) is 84.9 Å². The first-order chi connectivity index (χ1) is 17.6. The van der Waals surface area contributed by atoms with Crippen LogP contribution in [-0.2, 0) is 6.42 Å². The molecular formula is C31H28O4S. The number of methoxy groups -OCH3 is 3. The Balaban J connectivity index is 1.29. The summed E-state index contributed by atoms with van der Waals surface area (Å²) >= 11 is 1.39. The van der Waals surface area contributed by atoms with Gasteiger partial charge in [-0.25, -0.2) is 0 Å². The van der Waals surface area contributed by atoms with Gasteiger partial charge in [0.05, 0.1) is 21.3 Å². The van der Waals surface area contributed by atoms with E-state index in [-0.39, 0.29) is 11.0 Å². The molecule has 0 amide bonds. The number of carbonyl (C=O) groups is 1. The Bertz CT molecular complexity index is 1350. The van der Waals surface area contributed by atoms with E-state index in [1.54, 1.807) is 21.3 Å². The summed E-state index contributed by atoms with van der Waals surface area (Å²) in [6.07, 6.45) is 0.654. The summed E-state index contributed by atoms with van der Waals surface area (Å²) in [7, 11) is 4.83. The number of hydrogen-bond donors (Lipinski definition) is 0. The molecule has 0 unspecified atom stereocenters. The van der Waals surface area contributed by atoms with Crippen molar-refractivity contribution < 1.29 is 19.0 Å². The van der Waals surface area contributed by atoms with Crippen LogP contribution in [0, 0.1) is 0 Å². The molecule has 0 heterocycles. The second kappa shape index (κ2) is 10.5. The Kier molecular flexibility index (Phi) is 7.01. The molecule has 5 heteroatoms. The van der Waals surface area contributed by atoms with Crippen molar-refractivity contribution in [2.24, 2.45) is 0 Å². The van der Waals surface area contributed by atoms with E-state index in [1.807, 2.05) is 36.4 Å². The van der Waals surface area contributed by atoms with Crippen LogP contribution >= 0.6 is 11.8 Å². The maximum Gasteiger partial charge on any atom is 0.219 e. The van der Waals surface area contributed by atoms with Crippen LogP contribution in [0.2, 0.25) is 0 Å². The zero-order valence-electron chi connectivity index (χ0n) is 20.6. The molecule has 182 valence electrons. The van der Waals surface area contributed by atoms with E-state index < -0.39 is 0 Å². The van der Waals surface area contributed by atoms with Crippen molar-refractivity contribution in [3.63, 3.8) is 0 Å². The third-order valence-corrected chi connectivity index (χ3v) is 7.71. The Labute approximate surface area is 216 Å². The van der Waals surface area contributed by atoms with Gasteiger partial charge in [-0.05, 0) is 33.9 Å². The molecular weight excluding hydrogens is 468 g/mol.